The summed E-state index contributed by atoms with van der Waals surface area (Å²) in [5, 5.41) is 0. The highest BCUT2D eigenvalue weighted by Crippen LogP contribution is 2.09. The molecule has 0 saturated heterocycles. The van der Waals surface area contributed by atoms with E-state index in [4.69, 9.17) is 0 Å². The van der Waals surface area contributed by atoms with Crippen LogP contribution >= 0.6 is 0 Å². The average molecular weight is 214 g/mol. The van der Waals surface area contributed by atoms with Crippen LogP contribution in [0.15, 0.2) is 0 Å². The van der Waals surface area contributed by atoms with Crippen molar-refractivity contribution in [2.24, 2.45) is 0 Å². The fourth-order valence-electron chi connectivity index (χ4n) is 2.17. The molecular formula is C14H32N+. The van der Waals surface area contributed by atoms with Crippen LogP contribution in [-0.4, -0.2) is 20.1 Å². The number of hydrogen-bond acceptors (Lipinski definition) is 0. The normalized spacial score (nSPS) is 13.4. The molecule has 1 nitrogen and oxygen atoms in total. The SMILES string of the molecule is CCCCCCCC(CCCC)[NH+](C)C. The molecule has 0 aliphatic carbocycles. The summed E-state index contributed by atoms with van der Waals surface area (Å²) in [6.45, 7) is 4.58. The second-order valence-electron chi connectivity index (χ2n) is 5.12. The Hall–Kier alpha value is -0.0400. The van der Waals surface area contributed by atoms with Crippen molar-refractivity contribution in [3.63, 3.8) is 0 Å². The minimum atomic E-state index is 0.909. The second kappa shape index (κ2) is 10.5. The maximum atomic E-state index is 2.31. The van der Waals surface area contributed by atoms with Crippen LogP contribution in [0, 0.1) is 0 Å². The smallest absolute Gasteiger partial charge is 0.0870 e. The first-order valence-electron chi connectivity index (χ1n) is 7.02. The van der Waals surface area contributed by atoms with Crippen LogP contribution in [0.5, 0.6) is 0 Å². The average Bonchev–Trinajstić information content (AvgIpc) is 2.21. The van der Waals surface area contributed by atoms with Gasteiger partial charge in [-0.1, -0.05) is 46.0 Å². The molecule has 0 bridgehead atoms. The zero-order valence-electron chi connectivity index (χ0n) is 11.4. The van der Waals surface area contributed by atoms with Gasteiger partial charge >= 0.3 is 0 Å². The largest absolute Gasteiger partial charge is 0.337 e. The number of quaternary nitrogens is 1. The molecule has 0 amide bonds. The minimum Gasteiger partial charge on any atom is -0.337 e. The molecule has 0 radical (unpaired) electrons. The minimum absolute atomic E-state index is 0.909. The third-order valence-electron chi connectivity index (χ3n) is 3.38. The summed E-state index contributed by atoms with van der Waals surface area (Å²) in [5.74, 6) is 0. The van der Waals surface area contributed by atoms with Crippen molar-refractivity contribution in [3.05, 3.63) is 0 Å². The second-order valence-corrected chi connectivity index (χ2v) is 5.12. The van der Waals surface area contributed by atoms with Gasteiger partial charge in [0.25, 0.3) is 0 Å². The van der Waals surface area contributed by atoms with Crippen molar-refractivity contribution in [2.45, 2.75) is 77.7 Å². The summed E-state index contributed by atoms with van der Waals surface area (Å²) in [5.41, 5.74) is 0. The summed E-state index contributed by atoms with van der Waals surface area (Å²) in [6.07, 6.45) is 12.7. The fourth-order valence-corrected chi connectivity index (χ4v) is 2.17. The van der Waals surface area contributed by atoms with Crippen LogP contribution in [0.4, 0.5) is 0 Å². The van der Waals surface area contributed by atoms with Gasteiger partial charge in [-0.15, -0.1) is 0 Å². The molecule has 1 unspecified atom stereocenters. The molecule has 0 fully saturated rings. The molecule has 0 aromatic carbocycles. The Balaban J connectivity index is 3.48. The maximum Gasteiger partial charge on any atom is 0.0870 e. The molecule has 15 heavy (non-hydrogen) atoms. The third-order valence-corrected chi connectivity index (χ3v) is 3.38. The van der Waals surface area contributed by atoms with Gasteiger partial charge in [-0.25, -0.2) is 0 Å². The topological polar surface area (TPSA) is 4.44 Å². The molecule has 0 aromatic rings. The monoisotopic (exact) mass is 214 g/mol. The van der Waals surface area contributed by atoms with Gasteiger partial charge in [-0.3, -0.25) is 0 Å². The van der Waals surface area contributed by atoms with Crippen molar-refractivity contribution in [3.8, 4) is 0 Å². The van der Waals surface area contributed by atoms with Gasteiger partial charge in [-0.2, -0.15) is 0 Å². The highest BCUT2D eigenvalue weighted by molar-refractivity contribution is 4.56. The molecule has 92 valence electrons. The summed E-state index contributed by atoms with van der Waals surface area (Å²) in [7, 11) is 4.62. The predicted octanol–water partition coefficient (Wildman–Crippen LogP) is 3.05. The Morgan fingerprint density at radius 1 is 0.733 bits per heavy atom. The zero-order valence-corrected chi connectivity index (χ0v) is 11.4. The summed E-state index contributed by atoms with van der Waals surface area (Å²) in [6, 6.07) is 0.909. The Bertz CT molecular complexity index is 121. The van der Waals surface area contributed by atoms with Gasteiger partial charge < -0.3 is 4.90 Å². The summed E-state index contributed by atoms with van der Waals surface area (Å²) < 4.78 is 0. The van der Waals surface area contributed by atoms with Crippen molar-refractivity contribution in [1.29, 1.82) is 0 Å². The molecule has 0 spiro atoms. The maximum absolute atomic E-state index is 2.31. The van der Waals surface area contributed by atoms with E-state index in [2.05, 4.69) is 27.9 Å². The van der Waals surface area contributed by atoms with Gasteiger partial charge in [-0.05, 0) is 25.7 Å². The predicted molar refractivity (Wildman–Crippen MR) is 69.5 cm³/mol. The molecule has 0 rings (SSSR count). The van der Waals surface area contributed by atoms with Gasteiger partial charge in [0.1, 0.15) is 0 Å². The van der Waals surface area contributed by atoms with Crippen LogP contribution < -0.4 is 4.90 Å². The Morgan fingerprint density at radius 2 is 1.27 bits per heavy atom. The molecule has 0 heterocycles. The number of rotatable bonds is 10. The lowest BCUT2D eigenvalue weighted by molar-refractivity contribution is -0.886. The van der Waals surface area contributed by atoms with E-state index in [-0.39, 0.29) is 0 Å². The van der Waals surface area contributed by atoms with Gasteiger partial charge in [0.05, 0.1) is 20.1 Å². The molecule has 0 aliphatic heterocycles. The van der Waals surface area contributed by atoms with E-state index < -0.39 is 0 Å². The molecule has 0 saturated carbocycles. The van der Waals surface area contributed by atoms with Crippen molar-refractivity contribution in [2.75, 3.05) is 14.1 Å². The third kappa shape index (κ3) is 8.92. The highest BCUT2D eigenvalue weighted by atomic mass is 15.1. The van der Waals surface area contributed by atoms with E-state index in [1.807, 2.05) is 0 Å². The first kappa shape index (κ1) is 15.0. The van der Waals surface area contributed by atoms with Crippen molar-refractivity contribution >= 4 is 0 Å². The van der Waals surface area contributed by atoms with Gasteiger partial charge in [0, 0.05) is 0 Å². The van der Waals surface area contributed by atoms with E-state index in [0.29, 0.717) is 0 Å². The van der Waals surface area contributed by atoms with Crippen molar-refractivity contribution < 1.29 is 4.90 Å². The summed E-state index contributed by atoms with van der Waals surface area (Å²) >= 11 is 0. The Morgan fingerprint density at radius 3 is 1.80 bits per heavy atom. The molecule has 0 aromatic heterocycles. The summed E-state index contributed by atoms with van der Waals surface area (Å²) in [4.78, 5) is 1.65. The van der Waals surface area contributed by atoms with E-state index in [1.54, 1.807) is 4.90 Å². The Labute approximate surface area is 97.2 Å². The lowest BCUT2D eigenvalue weighted by Crippen LogP contribution is -3.10. The lowest BCUT2D eigenvalue weighted by Gasteiger charge is -2.21. The zero-order chi connectivity index (χ0) is 11.5. The van der Waals surface area contributed by atoms with Crippen LogP contribution in [0.2, 0.25) is 0 Å². The number of unbranched alkanes of at least 4 members (excludes halogenated alkanes) is 5. The molecule has 1 heteroatoms. The van der Waals surface area contributed by atoms with Crippen molar-refractivity contribution in [1.82, 2.24) is 0 Å². The molecule has 1 N–H and O–H groups in total. The molecule has 0 aliphatic rings. The standard InChI is InChI=1S/C14H31N/c1-5-7-9-10-11-13-14(15(3)4)12-8-6-2/h14H,5-13H2,1-4H3/p+1. The van der Waals surface area contributed by atoms with Crippen LogP contribution in [0.25, 0.3) is 0 Å². The van der Waals surface area contributed by atoms with Crippen LogP contribution in [0.1, 0.15) is 71.6 Å². The molecular weight excluding hydrogens is 182 g/mol. The molecule has 1 atom stereocenters. The van der Waals surface area contributed by atoms with Crippen LogP contribution in [0.3, 0.4) is 0 Å². The number of nitrogens with one attached hydrogen (secondary N) is 1. The van der Waals surface area contributed by atoms with E-state index in [0.717, 1.165) is 6.04 Å². The first-order valence-corrected chi connectivity index (χ1v) is 7.02. The first-order chi connectivity index (χ1) is 7.22. The van der Waals surface area contributed by atoms with Crippen LogP contribution in [-0.2, 0) is 0 Å². The van der Waals surface area contributed by atoms with Gasteiger partial charge in [0.15, 0.2) is 0 Å². The quantitative estimate of drug-likeness (QED) is 0.533. The Kier molecular flexibility index (Phi) is 10.4. The van der Waals surface area contributed by atoms with E-state index >= 15 is 0 Å². The fraction of sp³-hybridized carbons (Fsp3) is 1.00. The lowest BCUT2D eigenvalue weighted by atomic mass is 10.0. The van der Waals surface area contributed by atoms with E-state index in [1.165, 1.54) is 57.8 Å². The van der Waals surface area contributed by atoms with Gasteiger partial charge in [0.2, 0.25) is 0 Å². The number of hydrogen-bond donors (Lipinski definition) is 1. The van der Waals surface area contributed by atoms with E-state index in [9.17, 15) is 0 Å². The highest BCUT2D eigenvalue weighted by Gasteiger charge is 2.13.